The molecule has 1 aromatic carbocycles. The van der Waals surface area contributed by atoms with E-state index < -0.39 is 10.0 Å². The second-order valence-electron chi connectivity index (χ2n) is 6.10. The number of sulfonamides is 1. The van der Waals surface area contributed by atoms with Crippen molar-refractivity contribution < 1.29 is 17.9 Å². The van der Waals surface area contributed by atoms with Crippen LogP contribution in [-0.4, -0.2) is 50.5 Å². The van der Waals surface area contributed by atoms with Crippen molar-refractivity contribution in [3.8, 4) is 5.75 Å². The zero-order valence-electron chi connectivity index (χ0n) is 14.5. The van der Waals surface area contributed by atoms with Crippen LogP contribution in [0.1, 0.15) is 23.2 Å². The van der Waals surface area contributed by atoms with Gasteiger partial charge in [-0.1, -0.05) is 0 Å². The van der Waals surface area contributed by atoms with Gasteiger partial charge in [-0.15, -0.1) is 0 Å². The molecule has 1 aromatic heterocycles. The molecule has 0 atom stereocenters. The van der Waals surface area contributed by atoms with E-state index in [1.54, 1.807) is 41.6 Å². The van der Waals surface area contributed by atoms with Crippen LogP contribution >= 0.6 is 0 Å². The lowest BCUT2D eigenvalue weighted by Gasteiger charge is -2.32. The average Bonchev–Trinajstić information content (AvgIpc) is 2.68. The Morgan fingerprint density at radius 2 is 1.88 bits per heavy atom. The normalized spacial score (nSPS) is 15.7. The van der Waals surface area contributed by atoms with Gasteiger partial charge in [0.05, 0.1) is 17.6 Å². The standard InChI is InChI=1S/C18H21N3O4S/c1-25-16-4-6-17(7-5-16)26(23,24)20-15-8-11-21(12-9-15)18(22)14-3-2-10-19-13-14/h2-7,10,13,15,20H,8-9,11-12H2,1H3. The van der Waals surface area contributed by atoms with E-state index in [1.807, 2.05) is 0 Å². The summed E-state index contributed by atoms with van der Waals surface area (Å²) in [5.74, 6) is 0.528. The molecule has 0 unspecified atom stereocenters. The SMILES string of the molecule is COc1ccc(S(=O)(=O)NC2CCN(C(=O)c3cccnc3)CC2)cc1. The molecule has 0 saturated carbocycles. The highest BCUT2D eigenvalue weighted by molar-refractivity contribution is 7.89. The summed E-state index contributed by atoms with van der Waals surface area (Å²) in [4.78, 5) is 18.3. The number of pyridine rings is 1. The van der Waals surface area contributed by atoms with E-state index in [-0.39, 0.29) is 16.8 Å². The number of piperidine rings is 1. The number of nitrogens with zero attached hydrogens (tertiary/aromatic N) is 2. The third-order valence-electron chi connectivity index (χ3n) is 4.38. The molecule has 1 fully saturated rings. The van der Waals surface area contributed by atoms with Gasteiger partial charge in [-0.2, -0.15) is 0 Å². The van der Waals surface area contributed by atoms with Gasteiger partial charge in [-0.3, -0.25) is 9.78 Å². The monoisotopic (exact) mass is 375 g/mol. The van der Waals surface area contributed by atoms with Crippen LogP contribution in [0.3, 0.4) is 0 Å². The maximum absolute atomic E-state index is 12.5. The minimum absolute atomic E-state index is 0.0745. The highest BCUT2D eigenvalue weighted by atomic mass is 32.2. The van der Waals surface area contributed by atoms with Gasteiger partial charge in [0.2, 0.25) is 10.0 Å². The molecular formula is C18H21N3O4S. The fourth-order valence-corrected chi connectivity index (χ4v) is 4.22. The Morgan fingerprint density at radius 3 is 2.46 bits per heavy atom. The maximum Gasteiger partial charge on any atom is 0.255 e. The number of aromatic nitrogens is 1. The Kier molecular flexibility index (Phi) is 5.53. The van der Waals surface area contributed by atoms with Gasteiger partial charge >= 0.3 is 0 Å². The number of nitrogens with one attached hydrogen (secondary N) is 1. The molecule has 8 heteroatoms. The Hall–Kier alpha value is -2.45. The topological polar surface area (TPSA) is 88.6 Å². The quantitative estimate of drug-likeness (QED) is 0.859. The number of carbonyl (C=O) groups is 1. The van der Waals surface area contributed by atoms with Crippen LogP contribution in [-0.2, 0) is 10.0 Å². The van der Waals surface area contributed by atoms with Gasteiger partial charge in [-0.05, 0) is 49.2 Å². The molecule has 2 aromatic rings. The van der Waals surface area contributed by atoms with E-state index in [9.17, 15) is 13.2 Å². The summed E-state index contributed by atoms with van der Waals surface area (Å²) in [6.45, 7) is 1.01. The molecular weight excluding hydrogens is 354 g/mol. The molecule has 1 aliphatic heterocycles. The van der Waals surface area contributed by atoms with E-state index in [1.165, 1.54) is 19.2 Å². The van der Waals surface area contributed by atoms with Gasteiger partial charge in [0.25, 0.3) is 5.91 Å². The number of rotatable bonds is 5. The van der Waals surface area contributed by atoms with E-state index >= 15 is 0 Å². The third kappa shape index (κ3) is 4.20. The lowest BCUT2D eigenvalue weighted by atomic mass is 10.1. The molecule has 1 N–H and O–H groups in total. The lowest BCUT2D eigenvalue weighted by Crippen LogP contribution is -2.46. The van der Waals surface area contributed by atoms with Crippen molar-refractivity contribution >= 4 is 15.9 Å². The van der Waals surface area contributed by atoms with Crippen molar-refractivity contribution in [2.24, 2.45) is 0 Å². The molecule has 0 aliphatic carbocycles. The Labute approximate surface area is 153 Å². The average molecular weight is 375 g/mol. The van der Waals surface area contributed by atoms with Crippen LogP contribution in [0.2, 0.25) is 0 Å². The number of methoxy groups -OCH3 is 1. The Bertz CT molecular complexity index is 846. The molecule has 2 heterocycles. The first-order valence-corrected chi connectivity index (χ1v) is 9.83. The van der Waals surface area contributed by atoms with Crippen molar-refractivity contribution in [2.45, 2.75) is 23.8 Å². The molecule has 1 aliphatic rings. The Morgan fingerprint density at radius 1 is 1.19 bits per heavy atom. The highest BCUT2D eigenvalue weighted by Gasteiger charge is 2.27. The number of amides is 1. The molecule has 0 radical (unpaired) electrons. The van der Waals surface area contributed by atoms with Crippen molar-refractivity contribution in [1.29, 1.82) is 0 Å². The first-order chi connectivity index (χ1) is 12.5. The number of benzene rings is 1. The minimum Gasteiger partial charge on any atom is -0.497 e. The van der Waals surface area contributed by atoms with Gasteiger partial charge in [0, 0.05) is 31.5 Å². The van der Waals surface area contributed by atoms with E-state index in [0.29, 0.717) is 37.2 Å². The zero-order chi connectivity index (χ0) is 18.6. The van der Waals surface area contributed by atoms with Crippen LogP contribution in [0.15, 0.2) is 53.7 Å². The highest BCUT2D eigenvalue weighted by Crippen LogP contribution is 2.19. The van der Waals surface area contributed by atoms with Gasteiger partial charge in [-0.25, -0.2) is 13.1 Å². The first-order valence-electron chi connectivity index (χ1n) is 8.35. The van der Waals surface area contributed by atoms with Crippen molar-refractivity contribution in [3.05, 3.63) is 54.4 Å². The summed E-state index contributed by atoms with van der Waals surface area (Å²) in [6.07, 6.45) is 4.31. The van der Waals surface area contributed by atoms with Gasteiger partial charge in [0.1, 0.15) is 5.75 Å². The van der Waals surface area contributed by atoms with Crippen LogP contribution in [0.4, 0.5) is 0 Å². The number of carbonyl (C=O) groups excluding carboxylic acids is 1. The molecule has 7 nitrogen and oxygen atoms in total. The zero-order valence-corrected chi connectivity index (χ0v) is 15.3. The fraction of sp³-hybridized carbons (Fsp3) is 0.333. The molecule has 1 amide bonds. The minimum atomic E-state index is -3.59. The second-order valence-corrected chi connectivity index (χ2v) is 7.82. The summed E-state index contributed by atoms with van der Waals surface area (Å²) in [5.41, 5.74) is 0.546. The largest absolute Gasteiger partial charge is 0.497 e. The van der Waals surface area contributed by atoms with E-state index in [4.69, 9.17) is 4.74 Å². The maximum atomic E-state index is 12.5. The molecule has 138 valence electrons. The Balaban J connectivity index is 1.58. The third-order valence-corrected chi connectivity index (χ3v) is 5.92. The summed E-state index contributed by atoms with van der Waals surface area (Å²) in [6, 6.07) is 9.52. The predicted molar refractivity (Wildman–Crippen MR) is 96.5 cm³/mol. The van der Waals surface area contributed by atoms with Gasteiger partial charge in [0.15, 0.2) is 0 Å². The van der Waals surface area contributed by atoms with Crippen molar-refractivity contribution in [2.75, 3.05) is 20.2 Å². The summed E-state index contributed by atoms with van der Waals surface area (Å²) >= 11 is 0. The van der Waals surface area contributed by atoms with Crippen molar-refractivity contribution in [3.63, 3.8) is 0 Å². The van der Waals surface area contributed by atoms with Crippen LogP contribution in [0.25, 0.3) is 0 Å². The summed E-state index contributed by atoms with van der Waals surface area (Å²) in [5, 5.41) is 0. The van der Waals surface area contributed by atoms with Crippen LogP contribution in [0, 0.1) is 0 Å². The van der Waals surface area contributed by atoms with E-state index in [2.05, 4.69) is 9.71 Å². The molecule has 1 saturated heterocycles. The van der Waals surface area contributed by atoms with E-state index in [0.717, 1.165) is 0 Å². The number of hydrogen-bond acceptors (Lipinski definition) is 5. The number of ether oxygens (including phenoxy) is 1. The van der Waals surface area contributed by atoms with Crippen LogP contribution in [0.5, 0.6) is 5.75 Å². The summed E-state index contributed by atoms with van der Waals surface area (Å²) < 4.78 is 32.8. The molecule has 0 spiro atoms. The van der Waals surface area contributed by atoms with Crippen molar-refractivity contribution in [1.82, 2.24) is 14.6 Å². The first kappa shape index (κ1) is 18.3. The molecule has 0 bridgehead atoms. The smallest absolute Gasteiger partial charge is 0.255 e. The molecule has 26 heavy (non-hydrogen) atoms. The second kappa shape index (κ2) is 7.84. The summed E-state index contributed by atoms with van der Waals surface area (Å²) in [7, 11) is -2.06. The lowest BCUT2D eigenvalue weighted by molar-refractivity contribution is 0.0711. The molecule has 3 rings (SSSR count). The predicted octanol–water partition coefficient (Wildman–Crippen LogP) is 1.67. The van der Waals surface area contributed by atoms with Gasteiger partial charge < -0.3 is 9.64 Å². The van der Waals surface area contributed by atoms with Crippen LogP contribution < -0.4 is 9.46 Å². The fourth-order valence-electron chi connectivity index (χ4n) is 2.91. The number of hydrogen-bond donors (Lipinski definition) is 1. The number of likely N-dealkylation sites (tertiary alicyclic amines) is 1.